The molecule has 0 aromatic carbocycles. The van der Waals surface area contributed by atoms with E-state index >= 15 is 0 Å². The van der Waals surface area contributed by atoms with Crippen LogP contribution in [0.4, 0.5) is 5.13 Å². The average Bonchev–Trinajstić information content (AvgIpc) is 2.65. The first-order valence-corrected chi connectivity index (χ1v) is 6.50. The van der Waals surface area contributed by atoms with Crippen LogP contribution in [0, 0.1) is 0 Å². The van der Waals surface area contributed by atoms with Crippen LogP contribution in [0.1, 0.15) is 43.4 Å². The molecular weight excluding hydrogens is 208 g/mol. The molecule has 1 atom stereocenters. The highest BCUT2D eigenvalue weighted by molar-refractivity contribution is 7.15. The SMILES string of the molecule is CCN(CC)c1nc2c(s1)CCCC2O. The van der Waals surface area contributed by atoms with Gasteiger partial charge in [0, 0.05) is 18.0 Å². The molecule has 1 heterocycles. The van der Waals surface area contributed by atoms with E-state index in [2.05, 4.69) is 23.7 Å². The summed E-state index contributed by atoms with van der Waals surface area (Å²) in [5, 5.41) is 10.9. The molecule has 0 aliphatic heterocycles. The monoisotopic (exact) mass is 226 g/mol. The minimum absolute atomic E-state index is 0.325. The third kappa shape index (κ3) is 2.01. The number of anilines is 1. The van der Waals surface area contributed by atoms with Gasteiger partial charge in [0.2, 0.25) is 0 Å². The molecule has 0 radical (unpaired) electrons. The van der Waals surface area contributed by atoms with Gasteiger partial charge in [0.1, 0.15) is 0 Å². The first kappa shape index (κ1) is 10.9. The Hall–Kier alpha value is -0.610. The van der Waals surface area contributed by atoms with Crippen molar-refractivity contribution in [2.24, 2.45) is 0 Å². The standard InChI is InChI=1S/C11H18N2OS/c1-3-13(4-2)11-12-10-8(14)6-5-7-9(10)15-11/h8,14H,3-7H2,1-2H3. The van der Waals surface area contributed by atoms with Crippen LogP contribution in [0.15, 0.2) is 0 Å². The highest BCUT2D eigenvalue weighted by Crippen LogP contribution is 2.36. The molecule has 0 spiro atoms. The zero-order valence-corrected chi connectivity index (χ0v) is 10.2. The second kappa shape index (κ2) is 4.49. The lowest BCUT2D eigenvalue weighted by molar-refractivity contribution is 0.153. The first-order valence-electron chi connectivity index (χ1n) is 5.68. The summed E-state index contributed by atoms with van der Waals surface area (Å²) >= 11 is 1.75. The summed E-state index contributed by atoms with van der Waals surface area (Å²) in [4.78, 5) is 8.10. The number of fused-ring (bicyclic) bond motifs is 1. The van der Waals surface area contributed by atoms with Crippen LogP contribution in [-0.2, 0) is 6.42 Å². The predicted octanol–water partition coefficient (Wildman–Crippen LogP) is 2.36. The fourth-order valence-electron chi connectivity index (χ4n) is 2.01. The number of aliphatic hydroxyl groups is 1. The van der Waals surface area contributed by atoms with E-state index < -0.39 is 0 Å². The van der Waals surface area contributed by atoms with E-state index in [9.17, 15) is 5.11 Å². The topological polar surface area (TPSA) is 36.4 Å². The van der Waals surface area contributed by atoms with E-state index in [4.69, 9.17) is 0 Å². The molecule has 1 aliphatic rings. The molecule has 0 amide bonds. The van der Waals surface area contributed by atoms with Crippen LogP contribution in [0.2, 0.25) is 0 Å². The molecule has 3 nitrogen and oxygen atoms in total. The lowest BCUT2D eigenvalue weighted by atomic mass is 10.0. The molecule has 0 fully saturated rings. The molecule has 15 heavy (non-hydrogen) atoms. The molecule has 1 aromatic heterocycles. The minimum Gasteiger partial charge on any atom is -0.387 e. The van der Waals surface area contributed by atoms with Gasteiger partial charge in [0.15, 0.2) is 5.13 Å². The number of aromatic nitrogens is 1. The molecule has 1 aromatic rings. The van der Waals surface area contributed by atoms with Crippen molar-refractivity contribution in [3.63, 3.8) is 0 Å². The smallest absolute Gasteiger partial charge is 0.185 e. The van der Waals surface area contributed by atoms with Crippen molar-refractivity contribution in [1.29, 1.82) is 0 Å². The van der Waals surface area contributed by atoms with Crippen molar-refractivity contribution in [1.82, 2.24) is 4.98 Å². The van der Waals surface area contributed by atoms with Gasteiger partial charge >= 0.3 is 0 Å². The molecule has 1 unspecified atom stereocenters. The van der Waals surface area contributed by atoms with E-state index in [1.165, 1.54) is 4.88 Å². The maximum atomic E-state index is 9.83. The van der Waals surface area contributed by atoms with Gasteiger partial charge in [0.25, 0.3) is 0 Å². The summed E-state index contributed by atoms with van der Waals surface area (Å²) in [6, 6.07) is 0. The quantitative estimate of drug-likeness (QED) is 0.859. The van der Waals surface area contributed by atoms with Gasteiger partial charge in [-0.05, 0) is 33.1 Å². The number of thiazole rings is 1. The van der Waals surface area contributed by atoms with Crippen LogP contribution < -0.4 is 4.90 Å². The third-order valence-corrected chi connectivity index (χ3v) is 4.14. The fraction of sp³-hybridized carbons (Fsp3) is 0.727. The largest absolute Gasteiger partial charge is 0.387 e. The van der Waals surface area contributed by atoms with Crippen molar-refractivity contribution in [3.8, 4) is 0 Å². The lowest BCUT2D eigenvalue weighted by Gasteiger charge is -2.16. The Balaban J connectivity index is 2.28. The summed E-state index contributed by atoms with van der Waals surface area (Å²) in [6.07, 6.45) is 2.72. The maximum absolute atomic E-state index is 9.83. The summed E-state index contributed by atoms with van der Waals surface area (Å²) in [5.74, 6) is 0. The van der Waals surface area contributed by atoms with Crippen LogP contribution in [-0.4, -0.2) is 23.2 Å². The number of nitrogens with zero attached hydrogens (tertiary/aromatic N) is 2. The molecule has 1 aliphatic carbocycles. The Morgan fingerprint density at radius 1 is 1.47 bits per heavy atom. The fourth-order valence-corrected chi connectivity index (χ4v) is 3.30. The Morgan fingerprint density at radius 2 is 2.20 bits per heavy atom. The van der Waals surface area contributed by atoms with Gasteiger partial charge in [0.05, 0.1) is 11.8 Å². The van der Waals surface area contributed by atoms with Crippen molar-refractivity contribution < 1.29 is 5.11 Å². The lowest BCUT2D eigenvalue weighted by Crippen LogP contribution is -2.21. The van der Waals surface area contributed by atoms with E-state index in [1.807, 2.05) is 0 Å². The van der Waals surface area contributed by atoms with E-state index in [0.717, 1.165) is 43.2 Å². The van der Waals surface area contributed by atoms with Crippen molar-refractivity contribution in [2.75, 3.05) is 18.0 Å². The van der Waals surface area contributed by atoms with Gasteiger partial charge in [-0.15, -0.1) is 11.3 Å². The van der Waals surface area contributed by atoms with Gasteiger partial charge in [-0.25, -0.2) is 4.98 Å². The first-order chi connectivity index (χ1) is 7.26. The predicted molar refractivity (Wildman–Crippen MR) is 63.6 cm³/mol. The molecule has 0 saturated heterocycles. The van der Waals surface area contributed by atoms with E-state index in [1.54, 1.807) is 11.3 Å². The molecule has 84 valence electrons. The minimum atomic E-state index is -0.325. The Morgan fingerprint density at radius 3 is 2.80 bits per heavy atom. The maximum Gasteiger partial charge on any atom is 0.185 e. The van der Waals surface area contributed by atoms with Gasteiger partial charge in [-0.2, -0.15) is 0 Å². The zero-order chi connectivity index (χ0) is 10.8. The summed E-state index contributed by atoms with van der Waals surface area (Å²) in [7, 11) is 0. The van der Waals surface area contributed by atoms with Gasteiger partial charge < -0.3 is 10.0 Å². The number of aryl methyl sites for hydroxylation is 1. The highest BCUT2D eigenvalue weighted by Gasteiger charge is 2.23. The molecule has 4 heteroatoms. The van der Waals surface area contributed by atoms with Crippen molar-refractivity contribution in [2.45, 2.75) is 39.2 Å². The Bertz CT molecular complexity index is 333. The molecule has 0 bridgehead atoms. The van der Waals surface area contributed by atoms with Crippen LogP contribution in [0.3, 0.4) is 0 Å². The Labute approximate surface area is 94.8 Å². The summed E-state index contributed by atoms with van der Waals surface area (Å²) < 4.78 is 0. The van der Waals surface area contributed by atoms with E-state index in [-0.39, 0.29) is 6.10 Å². The van der Waals surface area contributed by atoms with Gasteiger partial charge in [-0.3, -0.25) is 0 Å². The number of aliphatic hydroxyl groups excluding tert-OH is 1. The van der Waals surface area contributed by atoms with Gasteiger partial charge in [-0.1, -0.05) is 0 Å². The molecule has 0 saturated carbocycles. The second-order valence-electron chi connectivity index (χ2n) is 3.89. The zero-order valence-electron chi connectivity index (χ0n) is 9.36. The average molecular weight is 226 g/mol. The van der Waals surface area contributed by atoms with Crippen LogP contribution in [0.25, 0.3) is 0 Å². The number of hydrogen-bond donors (Lipinski definition) is 1. The van der Waals surface area contributed by atoms with Crippen molar-refractivity contribution in [3.05, 3.63) is 10.6 Å². The Kier molecular flexibility index (Phi) is 3.26. The third-order valence-electron chi connectivity index (χ3n) is 2.95. The summed E-state index contributed by atoms with van der Waals surface area (Å²) in [6.45, 7) is 6.25. The molecule has 2 rings (SSSR count). The van der Waals surface area contributed by atoms with Crippen LogP contribution in [0.5, 0.6) is 0 Å². The molecule has 1 N–H and O–H groups in total. The van der Waals surface area contributed by atoms with Crippen molar-refractivity contribution >= 4 is 16.5 Å². The highest BCUT2D eigenvalue weighted by atomic mass is 32.1. The number of hydrogen-bond acceptors (Lipinski definition) is 4. The van der Waals surface area contributed by atoms with Crippen LogP contribution >= 0.6 is 11.3 Å². The summed E-state index contributed by atoms with van der Waals surface area (Å²) in [5.41, 5.74) is 0.938. The van der Waals surface area contributed by atoms with E-state index in [0.29, 0.717) is 0 Å². The normalized spacial score (nSPS) is 20.1. The number of rotatable bonds is 3. The second-order valence-corrected chi connectivity index (χ2v) is 4.95. The molecular formula is C11H18N2OS.